The molecule has 21 heavy (non-hydrogen) atoms. The largest absolute Gasteiger partial charge is 1.00 e. The van der Waals surface area contributed by atoms with Gasteiger partial charge in [0.05, 0.1) is 7.05 Å². The van der Waals surface area contributed by atoms with Crippen molar-refractivity contribution in [2.75, 3.05) is 0 Å². The molecular formula is C17H17BrN2O. The maximum atomic E-state index is 12.6. The lowest BCUT2D eigenvalue weighted by Crippen LogP contribution is -3.00. The molecule has 0 N–H and O–H groups in total. The summed E-state index contributed by atoms with van der Waals surface area (Å²) < 4.78 is 3.99. The first kappa shape index (κ1) is 15.4. The summed E-state index contributed by atoms with van der Waals surface area (Å²) >= 11 is 0. The Morgan fingerprint density at radius 2 is 1.86 bits per heavy atom. The van der Waals surface area contributed by atoms with Gasteiger partial charge in [0.1, 0.15) is 12.4 Å². The third kappa shape index (κ3) is 2.90. The number of halogens is 1. The highest BCUT2D eigenvalue weighted by Gasteiger charge is 2.16. The molecule has 108 valence electrons. The molecule has 0 fully saturated rings. The molecule has 0 aliphatic carbocycles. The Labute approximate surface area is 134 Å². The van der Waals surface area contributed by atoms with Gasteiger partial charge in [-0.3, -0.25) is 4.79 Å². The van der Waals surface area contributed by atoms with Crippen LogP contribution in [-0.2, 0) is 13.6 Å². The molecule has 0 spiro atoms. The van der Waals surface area contributed by atoms with E-state index < -0.39 is 0 Å². The number of fused-ring (bicyclic) bond motifs is 1. The molecule has 0 bridgehead atoms. The van der Waals surface area contributed by atoms with Crippen LogP contribution >= 0.6 is 0 Å². The molecule has 0 aliphatic heterocycles. The van der Waals surface area contributed by atoms with E-state index >= 15 is 0 Å². The van der Waals surface area contributed by atoms with Gasteiger partial charge in [0.2, 0.25) is 5.78 Å². The van der Waals surface area contributed by atoms with Gasteiger partial charge in [-0.05, 0) is 10.8 Å². The van der Waals surface area contributed by atoms with E-state index in [1.54, 1.807) is 0 Å². The number of imidazole rings is 1. The normalized spacial score (nSPS) is 10.4. The van der Waals surface area contributed by atoms with E-state index in [0.29, 0.717) is 6.54 Å². The summed E-state index contributed by atoms with van der Waals surface area (Å²) in [6, 6.07) is 13.9. The zero-order valence-electron chi connectivity index (χ0n) is 12.1. The number of ketones is 1. The van der Waals surface area contributed by atoms with Gasteiger partial charge in [-0.15, -0.1) is 0 Å². The molecule has 0 atom stereocenters. The number of rotatable bonds is 3. The second-order valence-corrected chi connectivity index (χ2v) is 5.03. The Hall–Kier alpha value is -1.94. The molecule has 3 nitrogen and oxygen atoms in total. The Morgan fingerprint density at radius 1 is 1.14 bits per heavy atom. The minimum absolute atomic E-state index is 0. The number of hydrogen-bond donors (Lipinski definition) is 0. The van der Waals surface area contributed by atoms with E-state index in [0.717, 1.165) is 22.2 Å². The second-order valence-electron chi connectivity index (χ2n) is 5.03. The van der Waals surface area contributed by atoms with Gasteiger partial charge in [-0.25, -0.2) is 9.13 Å². The molecule has 0 amide bonds. The van der Waals surface area contributed by atoms with Gasteiger partial charge in [-0.2, -0.15) is 0 Å². The average molecular weight is 345 g/mol. The zero-order valence-corrected chi connectivity index (χ0v) is 13.7. The van der Waals surface area contributed by atoms with Crippen LogP contribution < -0.4 is 21.5 Å². The first-order valence-electron chi connectivity index (χ1n) is 6.69. The van der Waals surface area contributed by atoms with E-state index in [2.05, 4.69) is 0 Å². The molecule has 3 rings (SSSR count). The minimum atomic E-state index is 0. The molecule has 1 aromatic heterocycles. The van der Waals surface area contributed by atoms with E-state index in [1.165, 1.54) is 0 Å². The molecular weight excluding hydrogens is 328 g/mol. The Balaban J connectivity index is 0.00000161. The smallest absolute Gasteiger partial charge is 0.253 e. The molecule has 0 saturated carbocycles. The van der Waals surface area contributed by atoms with Gasteiger partial charge >= 0.3 is 0 Å². The van der Waals surface area contributed by atoms with Gasteiger partial charge < -0.3 is 17.0 Å². The van der Waals surface area contributed by atoms with Gasteiger partial charge in [0, 0.05) is 12.5 Å². The van der Waals surface area contributed by atoms with Crippen molar-refractivity contribution < 1.29 is 26.3 Å². The number of benzene rings is 2. The topological polar surface area (TPSA) is 25.9 Å². The predicted octanol–water partition coefficient (Wildman–Crippen LogP) is -0.339. The Bertz CT molecular complexity index is 787. The van der Waals surface area contributed by atoms with Crippen molar-refractivity contribution in [3.8, 4) is 0 Å². The quantitative estimate of drug-likeness (QED) is 0.471. The number of aromatic nitrogens is 2. The number of carbonyl (C=O) groups is 1. The van der Waals surface area contributed by atoms with Crippen molar-refractivity contribution in [2.45, 2.75) is 13.5 Å². The molecule has 1 heterocycles. The van der Waals surface area contributed by atoms with Crippen LogP contribution in [0.3, 0.4) is 0 Å². The monoisotopic (exact) mass is 344 g/mol. The van der Waals surface area contributed by atoms with Crippen molar-refractivity contribution in [3.63, 3.8) is 0 Å². The maximum absolute atomic E-state index is 12.6. The van der Waals surface area contributed by atoms with Crippen LogP contribution in [0.25, 0.3) is 10.8 Å². The van der Waals surface area contributed by atoms with Crippen LogP contribution in [0.4, 0.5) is 0 Å². The van der Waals surface area contributed by atoms with Crippen molar-refractivity contribution in [1.82, 2.24) is 4.57 Å². The molecule has 0 radical (unpaired) electrons. The van der Waals surface area contributed by atoms with Crippen LogP contribution in [-0.4, -0.2) is 10.4 Å². The first-order valence-corrected chi connectivity index (χ1v) is 6.69. The summed E-state index contributed by atoms with van der Waals surface area (Å²) in [6.45, 7) is 2.39. The van der Waals surface area contributed by atoms with E-state index in [4.69, 9.17) is 0 Å². The summed E-state index contributed by atoms with van der Waals surface area (Å²) in [5.74, 6) is 1.21. The molecule has 3 aromatic rings. The van der Waals surface area contributed by atoms with Crippen LogP contribution in [0, 0.1) is 6.92 Å². The summed E-state index contributed by atoms with van der Waals surface area (Å²) in [4.78, 5) is 12.6. The molecule has 4 heteroatoms. The zero-order chi connectivity index (χ0) is 14.1. The summed E-state index contributed by atoms with van der Waals surface area (Å²) in [6.07, 6.45) is 3.91. The minimum Gasteiger partial charge on any atom is -1.00 e. The number of carbonyl (C=O) groups excluding carboxylic acids is 1. The fourth-order valence-electron chi connectivity index (χ4n) is 2.47. The Morgan fingerprint density at radius 3 is 2.57 bits per heavy atom. The number of aryl methyl sites for hydroxylation is 1. The van der Waals surface area contributed by atoms with Gasteiger partial charge in [0.25, 0.3) is 5.82 Å². The van der Waals surface area contributed by atoms with Crippen LogP contribution in [0.5, 0.6) is 0 Å². The lowest BCUT2D eigenvalue weighted by atomic mass is 10.0. The fourth-order valence-corrected chi connectivity index (χ4v) is 2.47. The van der Waals surface area contributed by atoms with Gasteiger partial charge in [-0.1, -0.05) is 42.5 Å². The SMILES string of the molecule is Cc1n(CC(=O)c2cccc3ccccc23)cc[n+]1C.[Br-]. The number of nitrogens with zero attached hydrogens (tertiary/aromatic N) is 2. The summed E-state index contributed by atoms with van der Waals surface area (Å²) in [7, 11) is 1.98. The number of Topliss-reactive ketones (excluding diaryl/α,β-unsaturated/α-hetero) is 1. The van der Waals surface area contributed by atoms with Crippen molar-refractivity contribution in [2.24, 2.45) is 7.05 Å². The summed E-state index contributed by atoms with van der Waals surface area (Å²) in [5.41, 5.74) is 0.791. The second kappa shape index (κ2) is 6.22. The highest BCUT2D eigenvalue weighted by atomic mass is 79.9. The molecule has 2 aromatic carbocycles. The lowest BCUT2D eigenvalue weighted by molar-refractivity contribution is -0.677. The maximum Gasteiger partial charge on any atom is 0.253 e. The predicted molar refractivity (Wildman–Crippen MR) is 78.6 cm³/mol. The lowest BCUT2D eigenvalue weighted by Gasteiger charge is -2.05. The van der Waals surface area contributed by atoms with Crippen molar-refractivity contribution in [3.05, 3.63) is 66.2 Å². The molecule has 0 saturated heterocycles. The molecule has 0 aliphatic rings. The van der Waals surface area contributed by atoms with Crippen LogP contribution in [0.2, 0.25) is 0 Å². The Kier molecular flexibility index (Phi) is 4.58. The standard InChI is InChI=1S/C17H17N2O.BrH/c1-13-18(2)10-11-19(13)12-17(20)16-9-5-7-14-6-3-4-8-15(14)16;/h3-11H,12H2,1-2H3;1H/q+1;/p-1. The van der Waals surface area contributed by atoms with Gasteiger partial charge in [0.15, 0.2) is 6.54 Å². The number of hydrogen-bond acceptors (Lipinski definition) is 1. The third-order valence-electron chi connectivity index (χ3n) is 3.80. The van der Waals surface area contributed by atoms with Crippen LogP contribution in [0.15, 0.2) is 54.9 Å². The van der Waals surface area contributed by atoms with Crippen LogP contribution in [0.1, 0.15) is 16.2 Å². The van der Waals surface area contributed by atoms with E-state index in [1.807, 2.05) is 78.0 Å². The highest BCUT2D eigenvalue weighted by Crippen LogP contribution is 2.19. The average Bonchev–Trinajstić information content (AvgIpc) is 2.78. The highest BCUT2D eigenvalue weighted by molar-refractivity contribution is 6.07. The van der Waals surface area contributed by atoms with E-state index in [9.17, 15) is 4.79 Å². The summed E-state index contributed by atoms with van der Waals surface area (Å²) in [5, 5.41) is 2.13. The van der Waals surface area contributed by atoms with Crippen molar-refractivity contribution in [1.29, 1.82) is 0 Å². The fraction of sp³-hybridized carbons (Fsp3) is 0.176. The van der Waals surface area contributed by atoms with E-state index in [-0.39, 0.29) is 22.8 Å². The third-order valence-corrected chi connectivity index (χ3v) is 3.80. The van der Waals surface area contributed by atoms with Crippen molar-refractivity contribution >= 4 is 16.6 Å². The first-order chi connectivity index (χ1) is 9.66. The molecule has 0 unspecified atom stereocenters.